The van der Waals surface area contributed by atoms with Crippen molar-refractivity contribution >= 4 is 11.9 Å². The molecule has 0 aromatic rings. The number of aliphatic carboxylic acids is 1. The van der Waals surface area contributed by atoms with Crippen molar-refractivity contribution in [2.45, 2.75) is 32.5 Å². The van der Waals surface area contributed by atoms with Crippen LogP contribution in [0.2, 0.25) is 0 Å². The first-order chi connectivity index (χ1) is 7.92. The van der Waals surface area contributed by atoms with Gasteiger partial charge in [-0.05, 0) is 20.8 Å². The van der Waals surface area contributed by atoms with Crippen LogP contribution in [0, 0.1) is 0 Å². The lowest BCUT2D eigenvalue weighted by Crippen LogP contribution is -2.50. The van der Waals surface area contributed by atoms with E-state index in [0.29, 0.717) is 0 Å². The van der Waals surface area contributed by atoms with Gasteiger partial charge in [-0.25, -0.2) is 0 Å². The van der Waals surface area contributed by atoms with Crippen LogP contribution in [-0.4, -0.2) is 53.2 Å². The number of halogens is 3. The van der Waals surface area contributed by atoms with Crippen molar-refractivity contribution in [2.24, 2.45) is 0 Å². The van der Waals surface area contributed by atoms with Crippen LogP contribution in [0.15, 0.2) is 0 Å². The number of amides is 1. The lowest BCUT2D eigenvalue weighted by Gasteiger charge is -2.33. The summed E-state index contributed by atoms with van der Waals surface area (Å²) in [5, 5.41) is 10.4. The molecule has 0 saturated heterocycles. The summed E-state index contributed by atoms with van der Waals surface area (Å²) in [6.07, 6.45) is -4.48. The van der Waals surface area contributed by atoms with E-state index in [0.717, 1.165) is 0 Å². The Balaban J connectivity index is 4.41. The molecule has 18 heavy (non-hydrogen) atoms. The number of nitrogens with zero attached hydrogens (tertiary/aromatic N) is 1. The minimum Gasteiger partial charge on any atom is -0.480 e. The minimum absolute atomic E-state index is 0.397. The monoisotopic (exact) mass is 270 g/mol. The lowest BCUT2D eigenvalue weighted by molar-refractivity contribution is -0.143. The lowest BCUT2D eigenvalue weighted by atomic mass is 10.1. The van der Waals surface area contributed by atoms with Crippen molar-refractivity contribution in [1.29, 1.82) is 0 Å². The highest BCUT2D eigenvalue weighted by molar-refractivity contribution is 5.79. The van der Waals surface area contributed by atoms with Gasteiger partial charge < -0.3 is 10.4 Å². The Kier molecular flexibility index (Phi) is 5.59. The summed E-state index contributed by atoms with van der Waals surface area (Å²) in [6.45, 7) is 2.79. The molecular weight excluding hydrogens is 253 g/mol. The maximum atomic E-state index is 11.9. The molecule has 0 bridgehead atoms. The molecule has 0 aromatic carbocycles. The van der Waals surface area contributed by atoms with E-state index in [4.69, 9.17) is 5.11 Å². The number of carboxylic acid groups (broad SMARTS) is 1. The van der Waals surface area contributed by atoms with E-state index < -0.39 is 43.2 Å². The van der Waals surface area contributed by atoms with Crippen LogP contribution in [0.1, 0.15) is 20.8 Å². The van der Waals surface area contributed by atoms with Crippen LogP contribution in [0.4, 0.5) is 13.2 Å². The molecule has 0 heterocycles. The second kappa shape index (κ2) is 6.03. The Morgan fingerprint density at radius 1 is 1.17 bits per heavy atom. The predicted octanol–water partition coefficient (Wildman–Crippen LogP) is 0.850. The largest absolute Gasteiger partial charge is 0.480 e. The highest BCUT2D eigenvalue weighted by Crippen LogP contribution is 2.14. The van der Waals surface area contributed by atoms with Gasteiger partial charge in [-0.1, -0.05) is 0 Å². The van der Waals surface area contributed by atoms with Crippen molar-refractivity contribution in [1.82, 2.24) is 10.2 Å². The van der Waals surface area contributed by atoms with Crippen molar-refractivity contribution in [3.05, 3.63) is 0 Å². The smallest absolute Gasteiger partial charge is 0.405 e. The van der Waals surface area contributed by atoms with Crippen molar-refractivity contribution in [3.63, 3.8) is 0 Å². The number of carbonyl (C=O) groups is 2. The number of hydrogen-bond acceptors (Lipinski definition) is 3. The van der Waals surface area contributed by atoms with E-state index in [1.165, 1.54) is 4.90 Å². The second-order valence-corrected chi connectivity index (χ2v) is 4.81. The number of carboxylic acids is 1. The molecule has 1 amide bonds. The SMILES string of the molecule is CC(C)(C)N(CC(=O)O)CC(=O)NCC(F)(F)F. The maximum Gasteiger partial charge on any atom is 0.405 e. The third-order valence-corrected chi connectivity index (χ3v) is 2.10. The van der Waals surface area contributed by atoms with Gasteiger partial charge in [-0.3, -0.25) is 14.5 Å². The highest BCUT2D eigenvalue weighted by atomic mass is 19.4. The Morgan fingerprint density at radius 2 is 1.67 bits per heavy atom. The molecule has 0 aliphatic rings. The number of rotatable bonds is 5. The van der Waals surface area contributed by atoms with Gasteiger partial charge >= 0.3 is 12.1 Å². The fraction of sp³-hybridized carbons (Fsp3) is 0.800. The zero-order valence-electron chi connectivity index (χ0n) is 10.5. The summed E-state index contributed by atoms with van der Waals surface area (Å²) in [7, 11) is 0. The van der Waals surface area contributed by atoms with Gasteiger partial charge in [0.1, 0.15) is 6.54 Å². The molecular formula is C10H17F3N2O3. The fourth-order valence-electron chi connectivity index (χ4n) is 1.12. The standard InChI is InChI=1S/C10H17F3N2O3/c1-9(2,3)15(5-8(17)18)4-7(16)14-6-10(11,12)13/h4-6H2,1-3H3,(H,14,16)(H,17,18). The first-order valence-corrected chi connectivity index (χ1v) is 5.22. The predicted molar refractivity (Wildman–Crippen MR) is 58.0 cm³/mol. The van der Waals surface area contributed by atoms with E-state index in [1.807, 2.05) is 0 Å². The van der Waals surface area contributed by atoms with Crippen LogP contribution >= 0.6 is 0 Å². The molecule has 0 unspecified atom stereocenters. The topological polar surface area (TPSA) is 69.6 Å². The molecule has 5 nitrogen and oxygen atoms in total. The van der Waals surface area contributed by atoms with Gasteiger partial charge in [0.25, 0.3) is 0 Å². The van der Waals surface area contributed by atoms with E-state index in [9.17, 15) is 22.8 Å². The average molecular weight is 270 g/mol. The molecule has 0 atom stereocenters. The first kappa shape index (κ1) is 16.7. The van der Waals surface area contributed by atoms with Gasteiger partial charge in [0, 0.05) is 5.54 Å². The molecule has 0 rings (SSSR count). The van der Waals surface area contributed by atoms with Crippen molar-refractivity contribution in [3.8, 4) is 0 Å². The second-order valence-electron chi connectivity index (χ2n) is 4.81. The Bertz CT molecular complexity index is 310. The van der Waals surface area contributed by atoms with Crippen molar-refractivity contribution in [2.75, 3.05) is 19.6 Å². The summed E-state index contributed by atoms with van der Waals surface area (Å²) >= 11 is 0. The number of alkyl halides is 3. The van der Waals surface area contributed by atoms with Gasteiger partial charge in [0.2, 0.25) is 5.91 Å². The van der Waals surface area contributed by atoms with E-state index >= 15 is 0 Å². The first-order valence-electron chi connectivity index (χ1n) is 5.22. The molecule has 0 aromatic heterocycles. The van der Waals surface area contributed by atoms with Crippen LogP contribution in [-0.2, 0) is 9.59 Å². The van der Waals surface area contributed by atoms with Crippen LogP contribution in [0.25, 0.3) is 0 Å². The number of nitrogens with one attached hydrogen (secondary N) is 1. The maximum absolute atomic E-state index is 11.9. The van der Waals surface area contributed by atoms with E-state index in [2.05, 4.69) is 0 Å². The molecule has 0 saturated carbocycles. The molecule has 0 fully saturated rings. The third-order valence-electron chi connectivity index (χ3n) is 2.10. The number of hydrogen-bond donors (Lipinski definition) is 2. The zero-order chi connectivity index (χ0) is 14.6. The molecule has 0 radical (unpaired) electrons. The van der Waals surface area contributed by atoms with Crippen LogP contribution in [0.3, 0.4) is 0 Å². The molecule has 0 spiro atoms. The molecule has 2 N–H and O–H groups in total. The average Bonchev–Trinajstić information content (AvgIpc) is 2.10. The van der Waals surface area contributed by atoms with Crippen LogP contribution < -0.4 is 5.32 Å². The fourth-order valence-corrected chi connectivity index (χ4v) is 1.12. The highest BCUT2D eigenvalue weighted by Gasteiger charge is 2.30. The summed E-state index contributed by atoms with van der Waals surface area (Å²) < 4.78 is 35.6. The molecule has 0 aliphatic heterocycles. The van der Waals surface area contributed by atoms with Gasteiger partial charge in [-0.2, -0.15) is 13.2 Å². The van der Waals surface area contributed by atoms with Crippen LogP contribution in [0.5, 0.6) is 0 Å². The molecule has 106 valence electrons. The number of carbonyl (C=O) groups excluding carboxylic acids is 1. The Hall–Kier alpha value is -1.31. The Morgan fingerprint density at radius 3 is 2.00 bits per heavy atom. The quantitative estimate of drug-likeness (QED) is 0.777. The molecule has 0 aliphatic carbocycles. The van der Waals surface area contributed by atoms with Gasteiger partial charge in [0.05, 0.1) is 13.1 Å². The van der Waals surface area contributed by atoms with Gasteiger partial charge in [-0.15, -0.1) is 0 Å². The third kappa shape index (κ3) is 7.88. The molecule has 8 heteroatoms. The zero-order valence-corrected chi connectivity index (χ0v) is 10.5. The normalized spacial score (nSPS) is 12.6. The summed E-state index contributed by atoms with van der Waals surface area (Å²) in [5.74, 6) is -2.00. The summed E-state index contributed by atoms with van der Waals surface area (Å²) in [5.41, 5.74) is -0.631. The van der Waals surface area contributed by atoms with E-state index in [-0.39, 0.29) is 0 Å². The van der Waals surface area contributed by atoms with Crippen molar-refractivity contribution < 1.29 is 27.9 Å². The summed E-state index contributed by atoms with van der Waals surface area (Å²) in [4.78, 5) is 23.2. The summed E-state index contributed by atoms with van der Waals surface area (Å²) in [6, 6.07) is 0. The van der Waals surface area contributed by atoms with Gasteiger partial charge in [0.15, 0.2) is 0 Å². The van der Waals surface area contributed by atoms with E-state index in [1.54, 1.807) is 26.1 Å². The Labute approximate surface area is 103 Å². The minimum atomic E-state index is -4.48.